The van der Waals surface area contributed by atoms with E-state index in [1.807, 2.05) is 0 Å². The van der Waals surface area contributed by atoms with E-state index in [9.17, 15) is 0 Å². The predicted octanol–water partition coefficient (Wildman–Crippen LogP) is -1.24. The van der Waals surface area contributed by atoms with Gasteiger partial charge in [0.05, 0.1) is 0 Å². The van der Waals surface area contributed by atoms with Crippen LogP contribution < -0.4 is 0 Å². The van der Waals surface area contributed by atoms with Crippen molar-refractivity contribution in [2.24, 2.45) is 0 Å². The average Bonchev–Trinajstić information content (AvgIpc) is 0.811. The summed E-state index contributed by atoms with van der Waals surface area (Å²) in [6.45, 7) is 0. The van der Waals surface area contributed by atoms with Crippen LogP contribution in [-0.2, 0) is 35.7 Å². The van der Waals surface area contributed by atoms with Crippen LogP contribution in [0.5, 0.6) is 0 Å². The first kappa shape index (κ1) is 9.24. The van der Waals surface area contributed by atoms with Crippen molar-refractivity contribution >= 4 is 0 Å². The van der Waals surface area contributed by atoms with Gasteiger partial charge in [0.2, 0.25) is 0 Å². The van der Waals surface area contributed by atoms with E-state index in [0.29, 0.717) is 0 Å². The Morgan fingerprint density at radius 3 is 1.40 bits per heavy atom. The molecule has 0 aliphatic carbocycles. The molecule has 0 heterocycles. The summed E-state index contributed by atoms with van der Waals surface area (Å²) < 4.78 is 23.1. The second kappa shape index (κ2) is 4.77. The quantitative estimate of drug-likeness (QED) is 0.432. The monoisotopic (exact) mass is 157 g/mol. The van der Waals surface area contributed by atoms with E-state index < -0.39 is 14.5 Å². The molecule has 5 heteroatoms. The summed E-state index contributed by atoms with van der Waals surface area (Å²) in [7, 11) is 0. The minimum atomic E-state index is -3.15. The maximum absolute atomic E-state index is 8.74. The first-order valence-corrected chi connectivity index (χ1v) is 2.03. The fourth-order valence-electron chi connectivity index (χ4n) is 0. The van der Waals surface area contributed by atoms with E-state index in [0.717, 1.165) is 0 Å². The molecule has 0 fully saturated rings. The molecule has 0 amide bonds. The summed E-state index contributed by atoms with van der Waals surface area (Å²) in [6, 6.07) is 0. The molecular weight excluding hydrogens is 155 g/mol. The Morgan fingerprint density at radius 2 is 1.40 bits per heavy atom. The topological polar surface area (TPSA) is 57.5 Å². The third-order valence-corrected chi connectivity index (χ3v) is 0. The zero-order valence-electron chi connectivity index (χ0n) is 2.09. The van der Waals surface area contributed by atoms with Crippen molar-refractivity contribution in [3.05, 3.63) is 0 Å². The number of rotatable bonds is 0. The van der Waals surface area contributed by atoms with Crippen molar-refractivity contribution in [1.82, 2.24) is 0 Å². The SMILES string of the molecule is [Cr].[O]=[Mn]([OH])[OH]. The molecular formula is H2CrMnO3. The Hall–Kier alpha value is 0.772. The molecule has 0 spiro atoms. The first-order chi connectivity index (χ1) is 1.73. The van der Waals surface area contributed by atoms with E-state index >= 15 is 0 Å². The molecule has 0 saturated carbocycles. The zero-order valence-corrected chi connectivity index (χ0v) is 4.54. The van der Waals surface area contributed by atoms with Gasteiger partial charge < -0.3 is 0 Å². The van der Waals surface area contributed by atoms with Crippen LogP contribution in [0.4, 0.5) is 0 Å². The normalized spacial score (nSPS) is 7.00. The van der Waals surface area contributed by atoms with Crippen molar-refractivity contribution in [3.63, 3.8) is 0 Å². The van der Waals surface area contributed by atoms with Crippen LogP contribution in [0.1, 0.15) is 0 Å². The van der Waals surface area contributed by atoms with Gasteiger partial charge >= 0.3 is 26.7 Å². The molecule has 2 N–H and O–H groups in total. The van der Waals surface area contributed by atoms with E-state index in [1.165, 1.54) is 0 Å². The zero-order chi connectivity index (χ0) is 3.58. The summed E-state index contributed by atoms with van der Waals surface area (Å²) >= 11 is -3.15. The molecule has 0 unspecified atom stereocenters. The van der Waals surface area contributed by atoms with Crippen LogP contribution in [-0.4, -0.2) is 8.38 Å². The first-order valence-electron chi connectivity index (χ1n) is 0.492. The Kier molecular flexibility index (Phi) is 8.82. The van der Waals surface area contributed by atoms with Crippen LogP contribution in [0.3, 0.4) is 0 Å². The van der Waals surface area contributed by atoms with Gasteiger partial charge in [0.25, 0.3) is 0 Å². The fraction of sp³-hybridized carbons (Fsp3) is 0. The Bertz CT molecular complexity index is 29.9. The van der Waals surface area contributed by atoms with Crippen LogP contribution >= 0.6 is 0 Å². The molecule has 0 bridgehead atoms. The van der Waals surface area contributed by atoms with E-state index in [1.54, 1.807) is 0 Å². The Labute approximate surface area is 44.5 Å². The third kappa shape index (κ3) is 61.5. The van der Waals surface area contributed by atoms with E-state index in [-0.39, 0.29) is 17.4 Å². The van der Waals surface area contributed by atoms with Crippen LogP contribution in [0, 0.1) is 0 Å². The molecule has 0 saturated heterocycles. The van der Waals surface area contributed by atoms with Crippen molar-refractivity contribution in [2.75, 3.05) is 0 Å². The molecule has 33 valence electrons. The van der Waals surface area contributed by atoms with Crippen molar-refractivity contribution in [1.29, 1.82) is 0 Å². The summed E-state index contributed by atoms with van der Waals surface area (Å²) in [6.07, 6.45) is 0. The molecule has 0 atom stereocenters. The minimum absolute atomic E-state index is 0. The summed E-state index contributed by atoms with van der Waals surface area (Å²) in [5.74, 6) is 0. The third-order valence-electron chi connectivity index (χ3n) is 0. The van der Waals surface area contributed by atoms with Crippen LogP contribution in [0.25, 0.3) is 0 Å². The molecule has 0 aromatic rings. The molecule has 3 nitrogen and oxygen atoms in total. The van der Waals surface area contributed by atoms with E-state index in [2.05, 4.69) is 0 Å². The number of hydrogen-bond acceptors (Lipinski definition) is 1. The van der Waals surface area contributed by atoms with Gasteiger partial charge in [-0.25, -0.2) is 0 Å². The molecule has 0 radical (unpaired) electrons. The van der Waals surface area contributed by atoms with Gasteiger partial charge in [-0.1, -0.05) is 0 Å². The predicted molar refractivity (Wildman–Crippen MR) is 5.12 cm³/mol. The van der Waals surface area contributed by atoms with Gasteiger partial charge in [-0.05, 0) is 0 Å². The molecule has 5 heavy (non-hydrogen) atoms. The van der Waals surface area contributed by atoms with E-state index in [4.69, 9.17) is 12.2 Å². The van der Waals surface area contributed by atoms with Gasteiger partial charge in [-0.15, -0.1) is 0 Å². The fourth-order valence-corrected chi connectivity index (χ4v) is 0. The number of hydrogen-bond donors (Lipinski definition) is 2. The van der Waals surface area contributed by atoms with Crippen molar-refractivity contribution in [2.45, 2.75) is 0 Å². The second-order valence-electron chi connectivity index (χ2n) is 0.214. The maximum atomic E-state index is 8.74. The van der Waals surface area contributed by atoms with Crippen molar-refractivity contribution < 1.29 is 44.1 Å². The average molecular weight is 157 g/mol. The van der Waals surface area contributed by atoms with Gasteiger partial charge in [0.1, 0.15) is 0 Å². The van der Waals surface area contributed by atoms with Crippen molar-refractivity contribution in [3.8, 4) is 0 Å². The van der Waals surface area contributed by atoms with Gasteiger partial charge in [0, 0.05) is 17.4 Å². The van der Waals surface area contributed by atoms with Crippen LogP contribution in [0.15, 0.2) is 0 Å². The molecule has 0 aliphatic heterocycles. The molecule has 0 rings (SSSR count). The second-order valence-corrected chi connectivity index (χ2v) is 0.881. The van der Waals surface area contributed by atoms with Crippen LogP contribution in [0.2, 0.25) is 0 Å². The standard InChI is InChI=1S/Cr.Mn.2H2O.O/h;;2*1H2;/q;+2;;;/p-2. The Morgan fingerprint density at radius 1 is 1.40 bits per heavy atom. The summed E-state index contributed by atoms with van der Waals surface area (Å²) in [4.78, 5) is 0. The molecule has 0 aliphatic rings. The van der Waals surface area contributed by atoms with Gasteiger partial charge in [-0.3, -0.25) is 0 Å². The Balaban J connectivity index is 0. The van der Waals surface area contributed by atoms with Gasteiger partial charge in [0.15, 0.2) is 0 Å². The molecule has 0 aromatic carbocycles. The van der Waals surface area contributed by atoms with Gasteiger partial charge in [-0.2, -0.15) is 0 Å². The summed E-state index contributed by atoms with van der Waals surface area (Å²) in [5.41, 5.74) is 0. The summed E-state index contributed by atoms with van der Waals surface area (Å²) in [5, 5.41) is 0. The molecule has 0 aromatic heterocycles.